The van der Waals surface area contributed by atoms with E-state index >= 15 is 0 Å². The smallest absolute Gasteiger partial charge is 0.341 e. The number of halogens is 1. The van der Waals surface area contributed by atoms with Crippen LogP contribution in [0.3, 0.4) is 0 Å². The average Bonchev–Trinajstić information content (AvgIpc) is 2.63. The van der Waals surface area contributed by atoms with Crippen molar-refractivity contribution < 1.29 is 19.4 Å². The van der Waals surface area contributed by atoms with Crippen LogP contribution in [0.2, 0.25) is 5.02 Å². The molecule has 1 atom stereocenters. The van der Waals surface area contributed by atoms with Crippen LogP contribution < -0.4 is 10.6 Å². The first kappa shape index (κ1) is 19.8. The molecule has 7 heteroatoms. The topological polar surface area (TPSA) is 87.7 Å². The zero-order valence-corrected chi connectivity index (χ0v) is 15.3. The number of amides is 1. The fourth-order valence-electron chi connectivity index (χ4n) is 2.26. The molecule has 6 nitrogen and oxygen atoms in total. The van der Waals surface area contributed by atoms with Crippen LogP contribution in [0, 0.1) is 6.92 Å². The summed E-state index contributed by atoms with van der Waals surface area (Å²) in [5.74, 6) is -1.08. The number of nitrogens with one attached hydrogen (secondary N) is 2. The van der Waals surface area contributed by atoms with Crippen molar-refractivity contribution in [2.75, 3.05) is 23.8 Å². The predicted molar refractivity (Wildman–Crippen MR) is 102 cm³/mol. The number of para-hydroxylation sites is 1. The van der Waals surface area contributed by atoms with Crippen molar-refractivity contribution in [2.24, 2.45) is 0 Å². The van der Waals surface area contributed by atoms with Gasteiger partial charge < -0.3 is 20.5 Å². The summed E-state index contributed by atoms with van der Waals surface area (Å²) in [7, 11) is 0. The first-order valence-corrected chi connectivity index (χ1v) is 8.52. The van der Waals surface area contributed by atoms with Gasteiger partial charge in [-0.25, -0.2) is 4.79 Å². The molecule has 0 aliphatic rings. The van der Waals surface area contributed by atoms with E-state index in [0.29, 0.717) is 28.5 Å². The summed E-state index contributed by atoms with van der Waals surface area (Å²) in [6.07, 6.45) is -0.994. The van der Waals surface area contributed by atoms with Crippen LogP contribution in [0.5, 0.6) is 0 Å². The van der Waals surface area contributed by atoms with Gasteiger partial charge in [0.2, 0.25) is 0 Å². The van der Waals surface area contributed by atoms with Gasteiger partial charge in [-0.2, -0.15) is 0 Å². The molecule has 2 aromatic rings. The van der Waals surface area contributed by atoms with Crippen LogP contribution >= 0.6 is 11.6 Å². The van der Waals surface area contributed by atoms with Crippen molar-refractivity contribution in [1.29, 1.82) is 0 Å². The van der Waals surface area contributed by atoms with E-state index in [9.17, 15) is 9.59 Å². The van der Waals surface area contributed by atoms with Crippen molar-refractivity contribution in [1.82, 2.24) is 0 Å². The number of benzene rings is 2. The van der Waals surface area contributed by atoms with E-state index in [1.807, 2.05) is 0 Å². The Balaban J connectivity index is 2.05. The molecule has 0 aromatic heterocycles. The standard InChI is InChI=1S/C19H21ClN2O4/c1-12-15(20)7-5-9-16(12)22-18(24)13(2)26-19(25)14-6-3-4-8-17(14)21-10-11-23/h3-9,13,21,23H,10-11H2,1-2H3,(H,22,24)/t13-/m0/s1. The van der Waals surface area contributed by atoms with Gasteiger partial charge in [0.05, 0.1) is 12.2 Å². The molecule has 0 aliphatic heterocycles. The number of esters is 1. The van der Waals surface area contributed by atoms with Crippen LogP contribution in [0.15, 0.2) is 42.5 Å². The molecule has 2 rings (SSSR count). The number of hydrogen-bond donors (Lipinski definition) is 3. The number of hydrogen-bond acceptors (Lipinski definition) is 5. The second-order valence-electron chi connectivity index (χ2n) is 5.65. The number of anilines is 2. The van der Waals surface area contributed by atoms with Crippen molar-refractivity contribution in [3.63, 3.8) is 0 Å². The molecule has 3 N–H and O–H groups in total. The molecular weight excluding hydrogens is 356 g/mol. The van der Waals surface area contributed by atoms with Crippen LogP contribution in [0.1, 0.15) is 22.8 Å². The third kappa shape index (κ3) is 4.97. The molecule has 0 bridgehead atoms. The zero-order valence-electron chi connectivity index (χ0n) is 14.6. The summed E-state index contributed by atoms with van der Waals surface area (Å²) < 4.78 is 5.27. The highest BCUT2D eigenvalue weighted by molar-refractivity contribution is 6.31. The van der Waals surface area contributed by atoms with Gasteiger partial charge in [0, 0.05) is 22.9 Å². The number of carbonyl (C=O) groups is 2. The molecule has 138 valence electrons. The fourth-order valence-corrected chi connectivity index (χ4v) is 2.44. The first-order valence-electron chi connectivity index (χ1n) is 8.14. The van der Waals surface area contributed by atoms with Crippen LogP contribution in [0.4, 0.5) is 11.4 Å². The van der Waals surface area contributed by atoms with E-state index in [-0.39, 0.29) is 6.61 Å². The summed E-state index contributed by atoms with van der Waals surface area (Å²) in [6, 6.07) is 11.9. The lowest BCUT2D eigenvalue weighted by Crippen LogP contribution is -2.30. The predicted octanol–water partition coefficient (Wildman–Crippen LogP) is 3.24. The maximum atomic E-state index is 12.4. The molecule has 0 aliphatic carbocycles. The SMILES string of the molecule is Cc1c(Cl)cccc1NC(=O)[C@H](C)OC(=O)c1ccccc1NCCO. The lowest BCUT2D eigenvalue weighted by Gasteiger charge is -2.16. The lowest BCUT2D eigenvalue weighted by atomic mass is 10.1. The highest BCUT2D eigenvalue weighted by Crippen LogP contribution is 2.23. The summed E-state index contributed by atoms with van der Waals surface area (Å²) in [5, 5.41) is 15.1. The second-order valence-corrected chi connectivity index (χ2v) is 6.05. The van der Waals surface area contributed by atoms with E-state index in [1.54, 1.807) is 49.4 Å². The molecule has 0 saturated heterocycles. The maximum Gasteiger partial charge on any atom is 0.341 e. The van der Waals surface area contributed by atoms with Gasteiger partial charge in [0.15, 0.2) is 6.10 Å². The number of aliphatic hydroxyl groups excluding tert-OH is 1. The molecule has 1 amide bonds. The molecule has 26 heavy (non-hydrogen) atoms. The third-order valence-corrected chi connectivity index (χ3v) is 4.16. The van der Waals surface area contributed by atoms with Crippen molar-refractivity contribution in [3.8, 4) is 0 Å². The molecular formula is C19H21ClN2O4. The summed E-state index contributed by atoms with van der Waals surface area (Å²) >= 11 is 6.04. The van der Waals surface area contributed by atoms with Gasteiger partial charge in [-0.3, -0.25) is 4.79 Å². The van der Waals surface area contributed by atoms with Crippen molar-refractivity contribution in [3.05, 3.63) is 58.6 Å². The average molecular weight is 377 g/mol. The molecule has 0 heterocycles. The van der Waals surface area contributed by atoms with Crippen LogP contribution in [-0.4, -0.2) is 36.2 Å². The molecule has 0 saturated carbocycles. The Bertz CT molecular complexity index is 795. The lowest BCUT2D eigenvalue weighted by molar-refractivity contribution is -0.123. The van der Waals surface area contributed by atoms with Gasteiger partial charge >= 0.3 is 5.97 Å². The van der Waals surface area contributed by atoms with E-state index in [4.69, 9.17) is 21.4 Å². The normalized spacial score (nSPS) is 11.5. The molecule has 0 radical (unpaired) electrons. The Morgan fingerprint density at radius 2 is 1.85 bits per heavy atom. The van der Waals surface area contributed by atoms with Crippen LogP contribution in [-0.2, 0) is 9.53 Å². The minimum atomic E-state index is -0.994. The molecule has 0 spiro atoms. The zero-order chi connectivity index (χ0) is 19.1. The van der Waals surface area contributed by atoms with Crippen molar-refractivity contribution >= 4 is 34.9 Å². The Morgan fingerprint density at radius 3 is 2.58 bits per heavy atom. The quantitative estimate of drug-likeness (QED) is 0.646. The second kappa shape index (κ2) is 9.22. The highest BCUT2D eigenvalue weighted by atomic mass is 35.5. The number of rotatable bonds is 7. The summed E-state index contributed by atoms with van der Waals surface area (Å²) in [5.41, 5.74) is 2.12. The number of carbonyl (C=O) groups excluding carboxylic acids is 2. The van der Waals surface area contributed by atoms with Crippen molar-refractivity contribution in [2.45, 2.75) is 20.0 Å². The van der Waals surface area contributed by atoms with Crippen LogP contribution in [0.25, 0.3) is 0 Å². The van der Waals surface area contributed by atoms with E-state index in [2.05, 4.69) is 10.6 Å². The third-order valence-electron chi connectivity index (χ3n) is 3.75. The van der Waals surface area contributed by atoms with Gasteiger partial charge in [-0.15, -0.1) is 0 Å². The van der Waals surface area contributed by atoms with Gasteiger partial charge in [-0.05, 0) is 43.7 Å². The van der Waals surface area contributed by atoms with E-state index in [1.165, 1.54) is 6.92 Å². The Hall–Kier alpha value is -2.57. The minimum Gasteiger partial charge on any atom is -0.449 e. The van der Waals surface area contributed by atoms with Gasteiger partial charge in [-0.1, -0.05) is 29.8 Å². The molecule has 2 aromatic carbocycles. The minimum absolute atomic E-state index is 0.0683. The largest absolute Gasteiger partial charge is 0.449 e. The summed E-state index contributed by atoms with van der Waals surface area (Å²) in [4.78, 5) is 24.7. The maximum absolute atomic E-state index is 12.4. The van der Waals surface area contributed by atoms with Gasteiger partial charge in [0.1, 0.15) is 0 Å². The Kier molecular flexibility index (Phi) is 7.00. The van der Waals surface area contributed by atoms with Gasteiger partial charge in [0.25, 0.3) is 5.91 Å². The van der Waals surface area contributed by atoms with E-state index in [0.717, 1.165) is 5.56 Å². The fraction of sp³-hybridized carbons (Fsp3) is 0.263. The highest BCUT2D eigenvalue weighted by Gasteiger charge is 2.21. The first-order chi connectivity index (χ1) is 12.4. The molecule has 0 unspecified atom stereocenters. The number of ether oxygens (including phenoxy) is 1. The summed E-state index contributed by atoms with van der Waals surface area (Å²) in [6.45, 7) is 3.52. The number of aliphatic hydroxyl groups is 1. The van der Waals surface area contributed by atoms with E-state index < -0.39 is 18.0 Å². The molecule has 0 fully saturated rings. The monoisotopic (exact) mass is 376 g/mol. The Labute approximate surface area is 157 Å². The Morgan fingerprint density at radius 1 is 1.15 bits per heavy atom.